The Labute approximate surface area is 235 Å². The first-order chi connectivity index (χ1) is 18.9. The molecule has 6 nitrogen and oxygen atoms in total. The minimum Gasteiger partial charge on any atom is -0.336 e. The molecule has 3 aliphatic rings. The summed E-state index contributed by atoms with van der Waals surface area (Å²) in [6.07, 6.45) is 0.806. The molecular formula is C32H35ClN4O2. The third-order valence-electron chi connectivity index (χ3n) is 8.57. The number of likely N-dealkylation sites (N-methyl/N-ethyl adjacent to an activating group) is 1. The number of piperazine rings is 1. The Kier molecular flexibility index (Phi) is 6.96. The van der Waals surface area contributed by atoms with E-state index in [-0.39, 0.29) is 17.7 Å². The standard InChI is InChI=1S/C32H35ClN4O2/c1-34(2)14-15-35-16-18-36(19-17-35)30(38)25-7-5-6-23(20-25)22-37-29-9-4-3-8-27(29)32(31(37)39)21-28(32)24-10-12-26(33)13-11-24/h3-13,20,28H,14-19,21-22H2,1-2H3/t28-,32-/m1/s1. The van der Waals surface area contributed by atoms with E-state index >= 15 is 0 Å². The smallest absolute Gasteiger partial charge is 0.253 e. The Morgan fingerprint density at radius 1 is 0.974 bits per heavy atom. The van der Waals surface area contributed by atoms with Crippen LogP contribution in [0.5, 0.6) is 0 Å². The van der Waals surface area contributed by atoms with Crippen LogP contribution in [0.3, 0.4) is 0 Å². The van der Waals surface area contributed by atoms with Gasteiger partial charge in [-0.05, 0) is 67.5 Å². The van der Waals surface area contributed by atoms with Crippen LogP contribution in [0.1, 0.15) is 39.4 Å². The average molecular weight is 543 g/mol. The van der Waals surface area contributed by atoms with Crippen LogP contribution in [0.25, 0.3) is 0 Å². The molecule has 39 heavy (non-hydrogen) atoms. The van der Waals surface area contributed by atoms with Gasteiger partial charge in [-0.2, -0.15) is 0 Å². The largest absolute Gasteiger partial charge is 0.336 e. The van der Waals surface area contributed by atoms with Crippen LogP contribution in [0.15, 0.2) is 72.8 Å². The van der Waals surface area contributed by atoms with Gasteiger partial charge in [0.25, 0.3) is 5.91 Å². The number of nitrogens with zero attached hydrogens (tertiary/aromatic N) is 4. The van der Waals surface area contributed by atoms with E-state index in [2.05, 4.69) is 30.0 Å². The molecule has 3 aromatic rings. The van der Waals surface area contributed by atoms with E-state index in [0.717, 1.165) is 68.1 Å². The summed E-state index contributed by atoms with van der Waals surface area (Å²) in [5.41, 5.74) is 4.38. The second-order valence-corrected chi connectivity index (χ2v) is 11.8. The summed E-state index contributed by atoms with van der Waals surface area (Å²) < 4.78 is 0. The van der Waals surface area contributed by atoms with Gasteiger partial charge in [0, 0.05) is 61.5 Å². The topological polar surface area (TPSA) is 47.1 Å². The third kappa shape index (κ3) is 4.86. The van der Waals surface area contributed by atoms with Gasteiger partial charge in [-0.25, -0.2) is 0 Å². The number of fused-ring (bicyclic) bond motifs is 2. The molecule has 2 aliphatic heterocycles. The van der Waals surface area contributed by atoms with Crippen LogP contribution >= 0.6 is 11.6 Å². The molecule has 7 heteroatoms. The zero-order valence-electron chi connectivity index (χ0n) is 22.6. The molecule has 0 aromatic heterocycles. The van der Waals surface area contributed by atoms with Crippen molar-refractivity contribution in [2.75, 3.05) is 58.3 Å². The lowest BCUT2D eigenvalue weighted by Crippen LogP contribution is -2.50. The van der Waals surface area contributed by atoms with Gasteiger partial charge in [0.1, 0.15) is 0 Å². The van der Waals surface area contributed by atoms with E-state index < -0.39 is 5.41 Å². The maximum Gasteiger partial charge on any atom is 0.253 e. The number of carbonyl (C=O) groups is 2. The highest BCUT2D eigenvalue weighted by atomic mass is 35.5. The van der Waals surface area contributed by atoms with Crippen LogP contribution in [0.4, 0.5) is 5.69 Å². The summed E-state index contributed by atoms with van der Waals surface area (Å²) in [4.78, 5) is 35.9. The fraction of sp³-hybridized carbons (Fsp3) is 0.375. The van der Waals surface area contributed by atoms with Gasteiger partial charge in [0.15, 0.2) is 0 Å². The highest BCUT2D eigenvalue weighted by molar-refractivity contribution is 6.30. The summed E-state index contributed by atoms with van der Waals surface area (Å²) >= 11 is 6.12. The molecule has 202 valence electrons. The van der Waals surface area contributed by atoms with Gasteiger partial charge < -0.3 is 14.7 Å². The Bertz CT molecular complexity index is 1380. The lowest BCUT2D eigenvalue weighted by molar-refractivity contribution is -0.120. The van der Waals surface area contributed by atoms with Gasteiger partial charge in [-0.3, -0.25) is 14.5 Å². The number of hydrogen-bond donors (Lipinski definition) is 0. The monoisotopic (exact) mass is 542 g/mol. The van der Waals surface area contributed by atoms with Gasteiger partial charge in [-0.15, -0.1) is 0 Å². The summed E-state index contributed by atoms with van der Waals surface area (Å²) in [5.74, 6) is 0.366. The normalized spacial score (nSPS) is 22.6. The number of anilines is 1. The highest BCUT2D eigenvalue weighted by Gasteiger charge is 2.67. The van der Waals surface area contributed by atoms with E-state index in [1.807, 2.05) is 76.5 Å². The van der Waals surface area contributed by atoms with E-state index in [0.29, 0.717) is 17.1 Å². The fourth-order valence-electron chi connectivity index (χ4n) is 6.29. The molecule has 2 heterocycles. The summed E-state index contributed by atoms with van der Waals surface area (Å²) in [5, 5.41) is 0.703. The lowest BCUT2D eigenvalue weighted by atomic mass is 9.92. The van der Waals surface area contributed by atoms with Crippen molar-refractivity contribution in [3.05, 3.63) is 100 Å². The predicted molar refractivity (Wildman–Crippen MR) is 155 cm³/mol. The molecule has 2 atom stereocenters. The molecule has 1 aliphatic carbocycles. The van der Waals surface area contributed by atoms with Crippen LogP contribution in [0.2, 0.25) is 5.02 Å². The molecule has 0 radical (unpaired) electrons. The molecule has 0 bridgehead atoms. The van der Waals surface area contributed by atoms with Crippen molar-refractivity contribution in [3.63, 3.8) is 0 Å². The molecule has 1 saturated heterocycles. The van der Waals surface area contributed by atoms with Crippen molar-refractivity contribution < 1.29 is 9.59 Å². The SMILES string of the molecule is CN(C)CCN1CCN(C(=O)c2cccc(CN3C(=O)[C@]4(C[C@@H]4c4ccc(Cl)cc4)c4ccccc43)c2)CC1. The molecule has 1 saturated carbocycles. The number of para-hydroxylation sites is 1. The Morgan fingerprint density at radius 2 is 1.72 bits per heavy atom. The molecule has 0 N–H and O–H groups in total. The van der Waals surface area contributed by atoms with Gasteiger partial charge in [0.2, 0.25) is 5.91 Å². The molecule has 1 spiro atoms. The summed E-state index contributed by atoms with van der Waals surface area (Å²) in [6, 6.07) is 23.8. The molecule has 2 amide bonds. The molecular weight excluding hydrogens is 508 g/mol. The number of hydrogen-bond acceptors (Lipinski definition) is 4. The zero-order valence-corrected chi connectivity index (χ0v) is 23.4. The Hall–Kier alpha value is -3.19. The maximum absolute atomic E-state index is 14.0. The number of halogens is 1. The summed E-state index contributed by atoms with van der Waals surface area (Å²) in [6.45, 7) is 5.77. The average Bonchev–Trinajstić information content (AvgIpc) is 3.67. The number of amides is 2. The van der Waals surface area contributed by atoms with E-state index in [9.17, 15) is 9.59 Å². The third-order valence-corrected chi connectivity index (χ3v) is 8.83. The van der Waals surface area contributed by atoms with Crippen molar-refractivity contribution in [1.29, 1.82) is 0 Å². The Morgan fingerprint density at radius 3 is 2.46 bits per heavy atom. The van der Waals surface area contributed by atoms with E-state index in [1.165, 1.54) is 0 Å². The van der Waals surface area contributed by atoms with Crippen LogP contribution < -0.4 is 4.90 Å². The lowest BCUT2D eigenvalue weighted by Gasteiger charge is -2.35. The second-order valence-electron chi connectivity index (χ2n) is 11.3. The second kappa shape index (κ2) is 10.4. The van der Waals surface area contributed by atoms with E-state index in [1.54, 1.807) is 0 Å². The van der Waals surface area contributed by atoms with Gasteiger partial charge >= 0.3 is 0 Å². The van der Waals surface area contributed by atoms with Crippen LogP contribution in [-0.2, 0) is 16.8 Å². The van der Waals surface area contributed by atoms with Crippen molar-refractivity contribution in [1.82, 2.24) is 14.7 Å². The predicted octanol–water partition coefficient (Wildman–Crippen LogP) is 4.63. The van der Waals surface area contributed by atoms with Crippen molar-refractivity contribution in [2.45, 2.75) is 24.3 Å². The molecule has 2 fully saturated rings. The maximum atomic E-state index is 14.0. The zero-order chi connectivity index (χ0) is 27.1. The molecule has 3 aromatic carbocycles. The fourth-order valence-corrected chi connectivity index (χ4v) is 6.41. The minimum atomic E-state index is -0.510. The first-order valence-electron chi connectivity index (χ1n) is 13.8. The summed E-state index contributed by atoms with van der Waals surface area (Å²) in [7, 11) is 4.17. The van der Waals surface area contributed by atoms with Crippen molar-refractivity contribution >= 4 is 29.1 Å². The van der Waals surface area contributed by atoms with Crippen molar-refractivity contribution in [2.24, 2.45) is 0 Å². The Balaban J connectivity index is 1.17. The van der Waals surface area contributed by atoms with Crippen LogP contribution in [0, 0.1) is 0 Å². The number of benzene rings is 3. The molecule has 0 unspecified atom stereocenters. The highest BCUT2D eigenvalue weighted by Crippen LogP contribution is 2.66. The first-order valence-corrected chi connectivity index (χ1v) is 14.2. The number of carbonyl (C=O) groups excluding carboxylic acids is 2. The van der Waals surface area contributed by atoms with Gasteiger partial charge in [-0.1, -0.05) is 54.1 Å². The quantitative estimate of drug-likeness (QED) is 0.437. The van der Waals surface area contributed by atoms with Gasteiger partial charge in [0.05, 0.1) is 12.0 Å². The molecule has 6 rings (SSSR count). The first kappa shape index (κ1) is 26.1. The van der Waals surface area contributed by atoms with Crippen LogP contribution in [-0.4, -0.2) is 79.9 Å². The number of rotatable bonds is 7. The minimum absolute atomic E-state index is 0.0683. The van der Waals surface area contributed by atoms with E-state index in [4.69, 9.17) is 11.6 Å². The van der Waals surface area contributed by atoms with Crippen molar-refractivity contribution in [3.8, 4) is 0 Å².